The summed E-state index contributed by atoms with van der Waals surface area (Å²) in [4.78, 5) is 59.5. The lowest BCUT2D eigenvalue weighted by Gasteiger charge is -2.40. The first-order chi connectivity index (χ1) is 28.3. The number of nitriles is 1. The van der Waals surface area contributed by atoms with Crippen molar-refractivity contribution in [2.24, 2.45) is 13.0 Å². The highest BCUT2D eigenvalue weighted by Crippen LogP contribution is 2.38. The molecule has 2 aromatic carbocycles. The second kappa shape index (κ2) is 15.9. The molecule has 0 radical (unpaired) electrons. The second-order valence-electron chi connectivity index (χ2n) is 15.7. The summed E-state index contributed by atoms with van der Waals surface area (Å²) in [5.41, 5.74) is 2.36. The van der Waals surface area contributed by atoms with E-state index in [4.69, 9.17) is 5.26 Å². The number of aryl methyl sites for hydroxylation is 1. The van der Waals surface area contributed by atoms with Crippen molar-refractivity contribution in [2.45, 2.75) is 75.9 Å². The second-order valence-corrected chi connectivity index (χ2v) is 15.7. The Morgan fingerprint density at radius 1 is 1.05 bits per heavy atom. The van der Waals surface area contributed by atoms with Crippen molar-refractivity contribution in [1.82, 2.24) is 34.1 Å². The van der Waals surface area contributed by atoms with Crippen LogP contribution in [0, 0.1) is 17.2 Å². The summed E-state index contributed by atoms with van der Waals surface area (Å²) < 4.78 is 49.5. The summed E-state index contributed by atoms with van der Waals surface area (Å²) in [6.07, 6.45) is 5.24. The monoisotopic (exact) mass is 812 g/mol. The van der Waals surface area contributed by atoms with Gasteiger partial charge in [0.25, 0.3) is 5.91 Å². The summed E-state index contributed by atoms with van der Waals surface area (Å²) in [6.45, 7) is 2.54. The van der Waals surface area contributed by atoms with E-state index in [0.717, 1.165) is 69.4 Å². The molecule has 3 aliphatic rings. The van der Waals surface area contributed by atoms with Crippen LogP contribution in [0.2, 0.25) is 0 Å². The summed E-state index contributed by atoms with van der Waals surface area (Å²) in [5, 5.41) is 19.2. The van der Waals surface area contributed by atoms with Crippen LogP contribution in [0.1, 0.15) is 79.4 Å². The molecule has 2 aliphatic heterocycles. The third-order valence-electron chi connectivity index (χ3n) is 12.0. The van der Waals surface area contributed by atoms with E-state index in [-0.39, 0.29) is 47.3 Å². The fourth-order valence-corrected chi connectivity index (χ4v) is 8.98. The SMILES string of the molecule is CN(CC1CCC(n2cc3cc(NC(=O)c4cncc(C#N)c4)c(OC(F)(F)F)cc3n2)CC1)C1CCN(c2cccc3c2n(C)c(=O)n3C2CCC(=O)NC2=O)CC1. The van der Waals surface area contributed by atoms with Crippen molar-refractivity contribution in [3.63, 3.8) is 0 Å². The van der Waals surface area contributed by atoms with Crippen molar-refractivity contribution in [1.29, 1.82) is 5.26 Å². The standard InChI is InChI=1S/C41H43F3N10O5/c1-50(28-12-14-52(15-13-28)32-4-3-5-33-37(32)51(2)40(58)54(33)34-10-11-36(55)48-39(34)57)22-24-6-8-29(9-7-24)53-23-27-17-31(35(18-30(27)49-53)59-41(42,43)44)47-38(56)26-16-25(19-45)20-46-21-26/h3-5,16-18,20-21,23-24,28-29,34H,6-15,22H2,1-2H3,(H,47,56)(H,48,55,57). The minimum Gasteiger partial charge on any atom is -0.403 e. The number of imide groups is 1. The number of anilines is 2. The Balaban J connectivity index is 0.886. The Morgan fingerprint density at radius 3 is 2.53 bits per heavy atom. The summed E-state index contributed by atoms with van der Waals surface area (Å²) in [7, 11) is 3.89. The van der Waals surface area contributed by atoms with Crippen molar-refractivity contribution < 1.29 is 32.3 Å². The fraction of sp³-hybridized carbons (Fsp3) is 0.439. The number of nitrogens with one attached hydrogen (secondary N) is 2. The first-order valence-electron chi connectivity index (χ1n) is 19.7. The van der Waals surface area contributed by atoms with Crippen molar-refractivity contribution >= 4 is 51.0 Å². The van der Waals surface area contributed by atoms with Gasteiger partial charge in [0.2, 0.25) is 11.8 Å². The minimum atomic E-state index is -5.01. The molecule has 308 valence electrons. The number of amides is 3. The summed E-state index contributed by atoms with van der Waals surface area (Å²) in [6, 6.07) is 11.2. The van der Waals surface area contributed by atoms with Gasteiger partial charge < -0.3 is 19.9 Å². The van der Waals surface area contributed by atoms with Gasteiger partial charge in [0, 0.05) is 69.2 Å². The minimum absolute atomic E-state index is 0.00842. The number of piperidine rings is 2. The zero-order chi connectivity index (χ0) is 41.6. The van der Waals surface area contributed by atoms with Gasteiger partial charge in [0.1, 0.15) is 12.1 Å². The maximum atomic E-state index is 13.4. The van der Waals surface area contributed by atoms with Crippen molar-refractivity contribution in [3.05, 3.63) is 76.6 Å². The zero-order valence-corrected chi connectivity index (χ0v) is 32.5. The molecule has 18 heteroatoms. The number of para-hydroxylation sites is 1. The van der Waals surface area contributed by atoms with E-state index in [0.29, 0.717) is 28.4 Å². The number of nitrogens with zero attached hydrogens (tertiary/aromatic N) is 8. The van der Waals surface area contributed by atoms with E-state index in [2.05, 4.69) is 42.3 Å². The molecule has 3 aromatic heterocycles. The molecule has 2 saturated heterocycles. The molecule has 0 spiro atoms. The number of carbonyl (C=O) groups excluding carboxylic acids is 3. The molecule has 59 heavy (non-hydrogen) atoms. The maximum absolute atomic E-state index is 13.4. The summed E-state index contributed by atoms with van der Waals surface area (Å²) in [5.74, 6) is -1.66. The van der Waals surface area contributed by atoms with Gasteiger partial charge >= 0.3 is 12.1 Å². The van der Waals surface area contributed by atoms with Gasteiger partial charge in [-0.3, -0.25) is 38.5 Å². The molecule has 8 rings (SSSR count). The molecular formula is C41H43F3N10O5. The maximum Gasteiger partial charge on any atom is 0.573 e. The number of halogens is 3. The molecule has 3 amide bonds. The number of hydrogen-bond donors (Lipinski definition) is 2. The normalized spacial score (nSPS) is 20.6. The highest BCUT2D eigenvalue weighted by atomic mass is 19.4. The van der Waals surface area contributed by atoms with Crippen molar-refractivity contribution in [2.75, 3.05) is 36.9 Å². The number of imidazole rings is 1. The fourth-order valence-electron chi connectivity index (χ4n) is 8.98. The van der Waals surface area contributed by atoms with Crippen LogP contribution in [0.25, 0.3) is 21.9 Å². The topological polar surface area (TPSA) is 172 Å². The van der Waals surface area contributed by atoms with Crippen LogP contribution in [0.3, 0.4) is 0 Å². The Labute approximate surface area is 336 Å². The van der Waals surface area contributed by atoms with Gasteiger partial charge in [-0.25, -0.2) is 4.79 Å². The molecule has 5 heterocycles. The predicted octanol–water partition coefficient (Wildman–Crippen LogP) is 5.42. The highest BCUT2D eigenvalue weighted by molar-refractivity contribution is 6.06. The third kappa shape index (κ3) is 8.11. The average Bonchev–Trinajstić information content (AvgIpc) is 3.74. The van der Waals surface area contributed by atoms with Crippen LogP contribution in [-0.4, -0.2) is 85.6 Å². The van der Waals surface area contributed by atoms with E-state index in [1.165, 1.54) is 35.2 Å². The number of aromatic nitrogens is 5. The molecule has 1 unspecified atom stereocenters. The number of rotatable bonds is 9. The predicted molar refractivity (Wildman–Crippen MR) is 211 cm³/mol. The Morgan fingerprint density at radius 2 is 1.81 bits per heavy atom. The number of benzene rings is 2. The van der Waals surface area contributed by atoms with E-state index in [9.17, 15) is 32.3 Å². The Kier molecular flexibility index (Phi) is 10.6. The third-order valence-corrected chi connectivity index (χ3v) is 12.0. The van der Waals surface area contributed by atoms with Crippen LogP contribution in [0.5, 0.6) is 5.75 Å². The molecule has 0 bridgehead atoms. The molecular weight excluding hydrogens is 770 g/mol. The van der Waals surface area contributed by atoms with E-state index >= 15 is 0 Å². The number of alkyl halides is 3. The van der Waals surface area contributed by atoms with Crippen LogP contribution in [0.4, 0.5) is 24.5 Å². The smallest absolute Gasteiger partial charge is 0.403 e. The molecule has 5 aromatic rings. The Bertz CT molecular complexity index is 2540. The van der Waals surface area contributed by atoms with Gasteiger partial charge in [-0.2, -0.15) is 10.4 Å². The van der Waals surface area contributed by atoms with E-state index < -0.39 is 30.0 Å². The number of carbonyl (C=O) groups is 3. The lowest BCUT2D eigenvalue weighted by Crippen LogP contribution is -2.45. The lowest BCUT2D eigenvalue weighted by atomic mass is 9.85. The zero-order valence-electron chi connectivity index (χ0n) is 32.5. The van der Waals surface area contributed by atoms with Crippen molar-refractivity contribution in [3.8, 4) is 11.8 Å². The van der Waals surface area contributed by atoms with Gasteiger partial charge in [-0.05, 0) is 82.2 Å². The lowest BCUT2D eigenvalue weighted by molar-refractivity contribution is -0.274. The number of hydrogen-bond acceptors (Lipinski definition) is 10. The number of pyridine rings is 1. The molecule has 15 nitrogen and oxygen atoms in total. The van der Waals surface area contributed by atoms with Gasteiger partial charge in [0.15, 0.2) is 5.75 Å². The first-order valence-corrected chi connectivity index (χ1v) is 19.7. The number of fused-ring (bicyclic) bond motifs is 2. The van der Waals surface area contributed by atoms with Crippen LogP contribution in [-0.2, 0) is 16.6 Å². The van der Waals surface area contributed by atoms with Gasteiger partial charge in [-0.15, -0.1) is 13.2 Å². The van der Waals surface area contributed by atoms with Crippen LogP contribution < -0.4 is 26.0 Å². The molecule has 1 aliphatic carbocycles. The Hall–Kier alpha value is -6.22. The molecule has 1 saturated carbocycles. The first kappa shape index (κ1) is 39.6. The molecule has 1 atom stereocenters. The van der Waals surface area contributed by atoms with Crippen LogP contribution >= 0.6 is 0 Å². The quantitative estimate of drug-likeness (QED) is 0.183. The molecule has 3 fully saturated rings. The van der Waals surface area contributed by atoms with Gasteiger partial charge in [0.05, 0.1) is 45.1 Å². The van der Waals surface area contributed by atoms with Gasteiger partial charge in [-0.1, -0.05) is 6.07 Å². The summed E-state index contributed by atoms with van der Waals surface area (Å²) >= 11 is 0. The molecule has 2 N–H and O–H groups in total. The highest BCUT2D eigenvalue weighted by Gasteiger charge is 2.35. The van der Waals surface area contributed by atoms with E-state index in [1.807, 2.05) is 24.3 Å². The number of ether oxygens (including phenoxy) is 1. The largest absolute Gasteiger partial charge is 0.573 e. The average molecular weight is 813 g/mol. The van der Waals surface area contributed by atoms with E-state index in [1.54, 1.807) is 22.5 Å². The van der Waals surface area contributed by atoms with Crippen LogP contribution in [0.15, 0.2) is 59.8 Å².